The van der Waals surface area contributed by atoms with Crippen LogP contribution < -0.4 is 9.47 Å². The Hall–Kier alpha value is -2.30. The maximum atomic E-state index is 13.5. The third-order valence-corrected chi connectivity index (χ3v) is 7.77. The van der Waals surface area contributed by atoms with Crippen LogP contribution in [0.15, 0.2) is 35.5 Å². The second-order valence-corrected chi connectivity index (χ2v) is 9.86. The molecule has 2 fully saturated rings. The topological polar surface area (TPSA) is 51.1 Å². The van der Waals surface area contributed by atoms with E-state index in [9.17, 15) is 4.79 Å². The van der Waals surface area contributed by atoms with Gasteiger partial charge in [0.05, 0.1) is 30.9 Å². The molecule has 0 aromatic heterocycles. The molecule has 0 unspecified atom stereocenters. The van der Waals surface area contributed by atoms with Gasteiger partial charge in [-0.3, -0.25) is 4.79 Å². The minimum Gasteiger partial charge on any atom is -0.493 e. The molecule has 5 rings (SSSR count). The molecule has 32 heavy (non-hydrogen) atoms. The molecule has 0 spiro atoms. The normalized spacial score (nSPS) is 27.1. The fraction of sp³-hybridized carbons (Fsp3) is 0.630. The summed E-state index contributed by atoms with van der Waals surface area (Å²) < 4.78 is 12.0. The number of benzene rings is 1. The van der Waals surface area contributed by atoms with Crippen molar-refractivity contribution in [3.8, 4) is 11.5 Å². The smallest absolute Gasteiger partial charge is 0.247 e. The van der Waals surface area contributed by atoms with Crippen LogP contribution in [0.3, 0.4) is 0 Å². The van der Waals surface area contributed by atoms with Crippen molar-refractivity contribution in [3.05, 3.63) is 35.9 Å². The van der Waals surface area contributed by atoms with Gasteiger partial charge < -0.3 is 9.47 Å². The van der Waals surface area contributed by atoms with Crippen molar-refractivity contribution < 1.29 is 14.3 Å². The van der Waals surface area contributed by atoms with Gasteiger partial charge in [0.2, 0.25) is 5.91 Å². The third-order valence-electron chi connectivity index (χ3n) is 7.77. The van der Waals surface area contributed by atoms with Gasteiger partial charge in [0.15, 0.2) is 11.5 Å². The maximum Gasteiger partial charge on any atom is 0.247 e. The molecule has 2 saturated carbocycles. The molecule has 0 bridgehead atoms. The predicted octanol–water partition coefficient (Wildman–Crippen LogP) is 5.87. The first-order chi connectivity index (χ1) is 15.7. The minimum absolute atomic E-state index is 0.00273. The molecule has 172 valence electrons. The average molecular weight is 437 g/mol. The number of hydrazone groups is 1. The second-order valence-electron chi connectivity index (χ2n) is 9.86. The summed E-state index contributed by atoms with van der Waals surface area (Å²) in [5, 5.41) is 6.96. The van der Waals surface area contributed by atoms with E-state index in [1.807, 2.05) is 11.1 Å². The molecule has 1 aliphatic heterocycles. The van der Waals surface area contributed by atoms with E-state index in [2.05, 4.69) is 24.3 Å². The Labute approximate surface area is 191 Å². The standard InChI is InChI=1S/C27H36N2O3/c1-31-24-17-16-19(18-25(24)32-21-12-6-7-13-21)26-22-14-8-9-15-23(22)27(30)29(28-26)20-10-4-2-3-5-11-20/h8-9,16-18,20-23H,2-7,10-15H2,1H3/t22-,23+/m1/s1. The van der Waals surface area contributed by atoms with Gasteiger partial charge in [-0.1, -0.05) is 37.8 Å². The number of allylic oxidation sites excluding steroid dienone is 2. The first-order valence-corrected chi connectivity index (χ1v) is 12.7. The lowest BCUT2D eigenvalue weighted by atomic mass is 9.76. The molecule has 4 aliphatic rings. The van der Waals surface area contributed by atoms with Gasteiger partial charge in [-0.05, 0) is 69.6 Å². The van der Waals surface area contributed by atoms with E-state index in [0.717, 1.165) is 61.3 Å². The number of nitrogens with zero attached hydrogens (tertiary/aromatic N) is 2. The molecule has 1 aromatic rings. The van der Waals surface area contributed by atoms with E-state index in [-0.39, 0.29) is 29.9 Å². The largest absolute Gasteiger partial charge is 0.493 e. The highest BCUT2D eigenvalue weighted by Gasteiger charge is 2.42. The summed E-state index contributed by atoms with van der Waals surface area (Å²) in [6.07, 6.45) is 18.1. The maximum absolute atomic E-state index is 13.5. The van der Waals surface area contributed by atoms with Crippen molar-refractivity contribution in [1.29, 1.82) is 0 Å². The summed E-state index contributed by atoms with van der Waals surface area (Å²) in [5.41, 5.74) is 2.11. The monoisotopic (exact) mass is 436 g/mol. The SMILES string of the molecule is COc1ccc(C2=NN(C3CCCCCC3)C(=O)[C@H]3CC=CC[C@@H]23)cc1OC1CCCC1. The Morgan fingerprint density at radius 3 is 2.28 bits per heavy atom. The first-order valence-electron chi connectivity index (χ1n) is 12.7. The molecule has 3 aliphatic carbocycles. The molecule has 0 saturated heterocycles. The van der Waals surface area contributed by atoms with Crippen LogP contribution in [0.4, 0.5) is 0 Å². The summed E-state index contributed by atoms with van der Waals surface area (Å²) in [6.45, 7) is 0. The lowest BCUT2D eigenvalue weighted by Gasteiger charge is -2.40. The molecule has 0 radical (unpaired) electrons. The van der Waals surface area contributed by atoms with Crippen LogP contribution in [0.1, 0.15) is 82.6 Å². The molecule has 1 aromatic carbocycles. The van der Waals surface area contributed by atoms with Gasteiger partial charge in [-0.25, -0.2) is 5.01 Å². The number of methoxy groups -OCH3 is 1. The van der Waals surface area contributed by atoms with E-state index in [0.29, 0.717) is 0 Å². The van der Waals surface area contributed by atoms with Crippen LogP contribution in [-0.2, 0) is 4.79 Å². The number of carbonyl (C=O) groups excluding carboxylic acids is 1. The zero-order valence-electron chi connectivity index (χ0n) is 19.3. The zero-order chi connectivity index (χ0) is 21.9. The van der Waals surface area contributed by atoms with Gasteiger partial charge in [-0.15, -0.1) is 0 Å². The highest BCUT2D eigenvalue weighted by atomic mass is 16.5. The van der Waals surface area contributed by atoms with Crippen molar-refractivity contribution in [2.24, 2.45) is 16.9 Å². The molecule has 5 heteroatoms. The number of amides is 1. The number of ether oxygens (including phenoxy) is 2. The Bertz CT molecular complexity index is 879. The molecule has 1 amide bonds. The lowest BCUT2D eigenvalue weighted by Crippen LogP contribution is -2.49. The molecule has 2 atom stereocenters. The van der Waals surface area contributed by atoms with Crippen LogP contribution in [0.2, 0.25) is 0 Å². The second kappa shape index (κ2) is 9.68. The van der Waals surface area contributed by atoms with Crippen LogP contribution in [0.5, 0.6) is 11.5 Å². The van der Waals surface area contributed by atoms with Crippen molar-refractivity contribution in [1.82, 2.24) is 5.01 Å². The Morgan fingerprint density at radius 1 is 0.875 bits per heavy atom. The highest BCUT2D eigenvalue weighted by molar-refractivity contribution is 6.07. The minimum atomic E-state index is -0.00273. The van der Waals surface area contributed by atoms with E-state index in [4.69, 9.17) is 14.6 Å². The fourth-order valence-electron chi connectivity index (χ4n) is 5.95. The van der Waals surface area contributed by atoms with Gasteiger partial charge in [0.1, 0.15) is 0 Å². The molecular formula is C27H36N2O3. The zero-order valence-corrected chi connectivity index (χ0v) is 19.3. The van der Waals surface area contributed by atoms with Crippen molar-refractivity contribution in [3.63, 3.8) is 0 Å². The Kier molecular flexibility index (Phi) is 6.52. The van der Waals surface area contributed by atoms with Crippen LogP contribution in [-0.4, -0.2) is 35.9 Å². The first kappa shape index (κ1) is 21.5. The van der Waals surface area contributed by atoms with Gasteiger partial charge in [0, 0.05) is 11.5 Å². The number of hydrogen-bond donors (Lipinski definition) is 0. The third kappa shape index (κ3) is 4.31. The van der Waals surface area contributed by atoms with E-state index in [1.54, 1.807) is 7.11 Å². The lowest BCUT2D eigenvalue weighted by molar-refractivity contribution is -0.140. The highest BCUT2D eigenvalue weighted by Crippen LogP contribution is 2.39. The summed E-state index contributed by atoms with van der Waals surface area (Å²) >= 11 is 0. The van der Waals surface area contributed by atoms with Gasteiger partial charge in [0.25, 0.3) is 0 Å². The summed E-state index contributed by atoms with van der Waals surface area (Å²) in [5.74, 6) is 1.94. The Balaban J connectivity index is 1.50. The number of fused-ring (bicyclic) bond motifs is 1. The van der Waals surface area contributed by atoms with Crippen LogP contribution in [0.25, 0.3) is 0 Å². The van der Waals surface area contributed by atoms with Crippen molar-refractivity contribution in [2.45, 2.75) is 89.2 Å². The van der Waals surface area contributed by atoms with Crippen LogP contribution in [0, 0.1) is 11.8 Å². The summed E-state index contributed by atoms with van der Waals surface area (Å²) in [4.78, 5) is 13.5. The van der Waals surface area contributed by atoms with E-state index >= 15 is 0 Å². The molecule has 0 N–H and O–H groups in total. The van der Waals surface area contributed by atoms with Crippen LogP contribution >= 0.6 is 0 Å². The molecule has 1 heterocycles. The summed E-state index contributed by atoms with van der Waals surface area (Å²) in [7, 11) is 1.70. The van der Waals surface area contributed by atoms with E-state index < -0.39 is 0 Å². The average Bonchev–Trinajstić information content (AvgIpc) is 3.19. The summed E-state index contributed by atoms with van der Waals surface area (Å²) in [6, 6.07) is 6.43. The van der Waals surface area contributed by atoms with Crippen molar-refractivity contribution in [2.75, 3.05) is 7.11 Å². The quantitative estimate of drug-likeness (QED) is 0.429. The Morgan fingerprint density at radius 2 is 1.56 bits per heavy atom. The van der Waals surface area contributed by atoms with E-state index in [1.165, 1.54) is 38.5 Å². The predicted molar refractivity (Wildman–Crippen MR) is 126 cm³/mol. The number of hydrogen-bond acceptors (Lipinski definition) is 4. The van der Waals surface area contributed by atoms with Gasteiger partial charge >= 0.3 is 0 Å². The number of carbonyl (C=O) groups is 1. The fourth-order valence-corrected chi connectivity index (χ4v) is 5.95. The molecular weight excluding hydrogens is 400 g/mol. The van der Waals surface area contributed by atoms with Gasteiger partial charge in [-0.2, -0.15) is 5.10 Å². The molecule has 5 nitrogen and oxygen atoms in total. The number of rotatable bonds is 5. The van der Waals surface area contributed by atoms with Crippen molar-refractivity contribution >= 4 is 11.6 Å².